The lowest BCUT2D eigenvalue weighted by Gasteiger charge is -2.37. The van der Waals surface area contributed by atoms with E-state index in [1.54, 1.807) is 87.4 Å². The summed E-state index contributed by atoms with van der Waals surface area (Å²) >= 11 is 25.6. The summed E-state index contributed by atoms with van der Waals surface area (Å²) in [5.74, 6) is 0.695. The Morgan fingerprint density at radius 2 is 0.632 bits per heavy atom. The second-order valence-corrected chi connectivity index (χ2v) is 42.2. The number of amides is 4. The molecule has 0 radical (unpaired) electrons. The fourth-order valence-electron chi connectivity index (χ4n) is 20.8. The van der Waals surface area contributed by atoms with E-state index in [1.165, 1.54) is 31.7 Å². The molecule has 2 bridgehead atoms. The van der Waals surface area contributed by atoms with Gasteiger partial charge < -0.3 is 61.5 Å². The van der Waals surface area contributed by atoms with Crippen LogP contribution in [-0.2, 0) is 0 Å². The molecule has 4 aliphatic heterocycles. The highest BCUT2D eigenvalue weighted by Gasteiger charge is 2.43. The molecule has 770 valence electrons. The molecule has 39 heteroatoms. The number of anilines is 4. The number of nitrogens with two attached hydrogens (primary N) is 4. The number of halogens is 8. The van der Waals surface area contributed by atoms with Crippen LogP contribution in [0.25, 0.3) is 22.1 Å². The van der Waals surface area contributed by atoms with E-state index >= 15 is 17.6 Å². The number of fused-ring (bicyclic) bond motifs is 6. The first-order valence-electron chi connectivity index (χ1n) is 50.0. The fourth-order valence-corrected chi connectivity index (χ4v) is 21.7. The van der Waals surface area contributed by atoms with Crippen molar-refractivity contribution < 1.29 is 55.7 Å². The molecule has 4 saturated heterocycles. The molecule has 6 unspecified atom stereocenters. The molecule has 4 amide bonds. The molecule has 7 aliphatic rings. The van der Waals surface area contributed by atoms with E-state index in [4.69, 9.17) is 108 Å². The fraction of sp³-hybridized carbons (Fsp3) is 0.505. The number of hydrogen-bond acceptors (Lipinski definition) is 23. The van der Waals surface area contributed by atoms with Crippen LogP contribution in [0.5, 0.6) is 23.0 Å². The highest BCUT2D eigenvalue weighted by atomic mass is 35.5. The van der Waals surface area contributed by atoms with Crippen LogP contribution in [0.4, 0.5) is 40.8 Å². The number of piperidine rings is 1. The molecule has 0 spiro atoms. The van der Waals surface area contributed by atoms with Gasteiger partial charge in [-0.1, -0.05) is 74.1 Å². The Bertz CT molecular complexity index is 6630. The van der Waals surface area contributed by atoms with E-state index in [1.807, 2.05) is 128 Å². The summed E-state index contributed by atoms with van der Waals surface area (Å²) in [5, 5.41) is -0.472. The summed E-state index contributed by atoms with van der Waals surface area (Å²) in [6.45, 7) is 44.4. The van der Waals surface area contributed by atoms with Crippen molar-refractivity contribution in [1.29, 1.82) is 0 Å². The molecule has 8 N–H and O–H groups in total. The standard InChI is InChI=1S/C27H34ClFN6O2.C26H32ClFN6O2.C26H34ClFN6O2.C26H31ClFN5O2/c1-15(2)37-24-19(16(3)26-32-17(4)23-25(30)31-7-8-35(23)26)13-20(28)22(29)21(24)27(36)34-11-9-33(10-12-34)14-18-5-6-18;1-14(2)36-23-18(15(3)25-31-16(4)22-24(29)30-7-8-34(22)25)13-19(27)21(28)20(23)26(35)33-11-9-32(10-12-33)17-5-6-17;1-14(2)32-9-11-33(12-10-32)26(35)20-21(28)19(27)13-18(23(20)36-15(3)4)16(5)25-31-17(6)22-24(29)30-7-8-34(22)25;1-13(2)35-23-18(14(3)25-31-15(4)22-24(29)30-7-8-33(22)25)10-19(27)21(28)20(23)26(34)32-11-16-5-6-17(9-16)12-32/h7-8,13,15-16,18H,5-6,9-12,14H2,1-4H3,(H2,30,31);7-8,13-15,17H,5-6,9-12H2,1-4H3,(H2,29,30);7-8,13-16H,9-12H2,1-6H3,(H2,29,30);7-8,10,13-14,16-17H,5-6,9,11-12H2,1-4H3,(H2,29,30). The highest BCUT2D eigenvalue weighted by Crippen LogP contribution is 2.48. The summed E-state index contributed by atoms with van der Waals surface area (Å²) in [6, 6.07) is 7.20. The van der Waals surface area contributed by atoms with Gasteiger partial charge in [0.25, 0.3) is 23.6 Å². The number of piperazine rings is 3. The van der Waals surface area contributed by atoms with Gasteiger partial charge in [0.05, 0.1) is 67.3 Å². The van der Waals surface area contributed by atoms with Crippen LogP contribution in [0.2, 0.25) is 20.1 Å². The summed E-state index contributed by atoms with van der Waals surface area (Å²) in [5.41, 5.74) is 32.1. The Morgan fingerprint density at radius 1 is 0.368 bits per heavy atom. The SMILES string of the molecule is Cc1nc(C(C)c2cc(Cl)c(F)c(C(=O)N3CC4CCC(C4)C3)c2OC(C)C)n2ccnc(N)c12.Cc1nc(C(C)c2cc(Cl)c(F)c(C(=O)N3CCN(C(C)C)CC3)c2OC(C)C)n2ccnc(N)c12.Cc1nc(C(C)c2cc(Cl)c(F)c(C(=O)N3CCN(C4CC4)CC3)c2OC(C)C)n2ccnc(N)c12.Cc1nc(C(C)c2cc(Cl)c(F)c(C(=O)N3CCN(CC4CC4)CC3)c2OC(C)C)n2ccnc(N)c12. The second-order valence-electron chi connectivity index (χ2n) is 40.5. The normalized spacial score (nSPS) is 17.9. The monoisotopic (exact) mass is 2060 g/mol. The number of imidazole rings is 4. The Morgan fingerprint density at radius 3 is 0.889 bits per heavy atom. The first-order chi connectivity index (χ1) is 68.5. The number of benzene rings is 4. The summed E-state index contributed by atoms with van der Waals surface area (Å²) in [7, 11) is 0. The molecule has 31 nitrogen and oxygen atoms in total. The number of carbonyl (C=O) groups is 4. The molecule has 19 rings (SSSR count). The first-order valence-corrected chi connectivity index (χ1v) is 51.5. The van der Waals surface area contributed by atoms with Crippen molar-refractivity contribution in [3.63, 3.8) is 0 Å². The zero-order valence-corrected chi connectivity index (χ0v) is 88.1. The second kappa shape index (κ2) is 43.6. The van der Waals surface area contributed by atoms with Gasteiger partial charge in [0.1, 0.15) is 114 Å². The number of carbonyl (C=O) groups excluding carboxylic acids is 4. The third kappa shape index (κ3) is 21.7. The molecule has 144 heavy (non-hydrogen) atoms. The molecule has 8 aromatic heterocycles. The van der Waals surface area contributed by atoms with E-state index < -0.39 is 41.0 Å². The maximum absolute atomic E-state index is 15.6. The zero-order valence-electron chi connectivity index (χ0n) is 85.1. The lowest BCUT2D eigenvalue weighted by molar-refractivity contribution is 0.0582. The van der Waals surface area contributed by atoms with Gasteiger partial charge in [-0.2, -0.15) is 0 Å². The van der Waals surface area contributed by atoms with Gasteiger partial charge in [0.2, 0.25) is 0 Å². The molecule has 4 aromatic carbocycles. The van der Waals surface area contributed by atoms with Crippen molar-refractivity contribution in [2.45, 2.75) is 230 Å². The molecular formula is C105H131Cl4F4N23O8. The van der Waals surface area contributed by atoms with Gasteiger partial charge in [-0.3, -0.25) is 51.5 Å². The van der Waals surface area contributed by atoms with E-state index in [9.17, 15) is 19.2 Å². The van der Waals surface area contributed by atoms with E-state index in [0.717, 1.165) is 93.8 Å². The molecule has 3 aliphatic carbocycles. The number of aromatic nitrogens is 12. The van der Waals surface area contributed by atoms with Crippen molar-refractivity contribution in [3.8, 4) is 23.0 Å². The number of rotatable bonds is 24. The predicted octanol–water partition coefficient (Wildman–Crippen LogP) is 18.5. The lowest BCUT2D eigenvalue weighted by atomic mass is 9.94. The number of nitrogen functional groups attached to an aromatic ring is 4. The number of hydrogen-bond donors (Lipinski definition) is 4. The average molecular weight is 2060 g/mol. The zero-order chi connectivity index (χ0) is 103. The quantitative estimate of drug-likeness (QED) is 0.0408. The number of aryl methyl sites for hydroxylation is 4. The van der Waals surface area contributed by atoms with Crippen LogP contribution in [0.1, 0.15) is 275 Å². The number of likely N-dealkylation sites (tertiary alicyclic amines) is 1. The lowest BCUT2D eigenvalue weighted by Crippen LogP contribution is -2.51. The number of ether oxygens (including phenoxy) is 4. The molecule has 6 atom stereocenters. The van der Waals surface area contributed by atoms with E-state index in [0.29, 0.717) is 167 Å². The van der Waals surface area contributed by atoms with Crippen LogP contribution >= 0.6 is 46.4 Å². The van der Waals surface area contributed by atoms with Gasteiger partial charge in [0, 0.05) is 206 Å². The minimum Gasteiger partial charge on any atom is -0.490 e. The maximum Gasteiger partial charge on any atom is 0.260 e. The minimum absolute atomic E-state index is 0.0897. The van der Waals surface area contributed by atoms with Crippen LogP contribution in [-0.4, -0.2) is 250 Å². The largest absolute Gasteiger partial charge is 0.490 e. The Hall–Kier alpha value is -11.6. The minimum atomic E-state index is -0.767. The van der Waals surface area contributed by atoms with Gasteiger partial charge in [-0.05, 0) is 184 Å². The van der Waals surface area contributed by atoms with Gasteiger partial charge in [-0.25, -0.2) is 57.4 Å². The molecule has 3 saturated carbocycles. The van der Waals surface area contributed by atoms with Crippen LogP contribution in [0, 0.1) is 68.7 Å². The molecule has 12 heterocycles. The molecule has 12 aromatic rings. The smallest absolute Gasteiger partial charge is 0.260 e. The summed E-state index contributed by atoms with van der Waals surface area (Å²) in [6.07, 6.45) is 20.9. The topological polar surface area (TPSA) is 353 Å². The van der Waals surface area contributed by atoms with Crippen molar-refractivity contribution in [2.24, 2.45) is 17.8 Å². The van der Waals surface area contributed by atoms with Gasteiger partial charge in [-0.15, -0.1) is 0 Å². The molecular weight excluding hydrogens is 1930 g/mol. The third-order valence-corrected chi connectivity index (χ3v) is 29.5. The van der Waals surface area contributed by atoms with Gasteiger partial charge >= 0.3 is 0 Å². The van der Waals surface area contributed by atoms with E-state index in [2.05, 4.69) is 48.5 Å². The average Bonchev–Trinajstić information content (AvgIpc) is 1.64. The van der Waals surface area contributed by atoms with Crippen molar-refractivity contribution in [2.75, 3.05) is 121 Å². The summed E-state index contributed by atoms with van der Waals surface area (Å²) in [4.78, 5) is 105. The third-order valence-electron chi connectivity index (χ3n) is 28.4. The highest BCUT2D eigenvalue weighted by molar-refractivity contribution is 6.32. The van der Waals surface area contributed by atoms with Crippen LogP contribution < -0.4 is 41.9 Å². The first kappa shape index (κ1) is 105. The van der Waals surface area contributed by atoms with Crippen molar-refractivity contribution in [1.82, 2.24) is 91.8 Å². The van der Waals surface area contributed by atoms with Gasteiger partial charge in [0.15, 0.2) is 23.3 Å². The predicted molar refractivity (Wildman–Crippen MR) is 552 cm³/mol. The number of nitrogens with zero attached hydrogens (tertiary/aromatic N) is 19. The van der Waals surface area contributed by atoms with Crippen LogP contribution in [0.3, 0.4) is 0 Å². The summed E-state index contributed by atoms with van der Waals surface area (Å²) < 4.78 is 94.4. The Kier molecular flexibility index (Phi) is 31.9. The Balaban J connectivity index is 0.000000138. The molecule has 7 fully saturated rings. The van der Waals surface area contributed by atoms with Crippen molar-refractivity contribution in [3.05, 3.63) is 208 Å². The van der Waals surface area contributed by atoms with E-state index in [-0.39, 0.29) is 119 Å². The van der Waals surface area contributed by atoms with Crippen molar-refractivity contribution >= 4 is 115 Å². The Labute approximate surface area is 856 Å². The van der Waals surface area contributed by atoms with Crippen LogP contribution in [0.15, 0.2) is 73.8 Å². The maximum atomic E-state index is 15.6.